The minimum Gasteiger partial charge on any atom is -0.395 e. The zero-order chi connectivity index (χ0) is 13.1. The highest BCUT2D eigenvalue weighted by molar-refractivity contribution is 7.90. The predicted molar refractivity (Wildman–Crippen MR) is 58.7 cm³/mol. The van der Waals surface area contributed by atoms with E-state index in [2.05, 4.69) is 4.72 Å². The Morgan fingerprint density at radius 3 is 2.59 bits per heavy atom. The molecule has 0 aliphatic heterocycles. The molecule has 1 aromatic rings. The van der Waals surface area contributed by atoms with E-state index in [0.717, 1.165) is 12.1 Å². The first kappa shape index (κ1) is 14.0. The van der Waals surface area contributed by atoms with E-state index in [-0.39, 0.29) is 12.1 Å². The molecule has 7 heteroatoms. The number of halogens is 2. The molecule has 17 heavy (non-hydrogen) atoms. The van der Waals surface area contributed by atoms with Gasteiger partial charge in [0.1, 0.15) is 11.6 Å². The van der Waals surface area contributed by atoms with Crippen LogP contribution in [-0.4, -0.2) is 25.4 Å². The summed E-state index contributed by atoms with van der Waals surface area (Å²) in [5.74, 6) is -1.54. The Hall–Kier alpha value is -1.05. The summed E-state index contributed by atoms with van der Waals surface area (Å²) in [4.78, 5) is 0. The van der Waals surface area contributed by atoms with Crippen molar-refractivity contribution < 1.29 is 22.3 Å². The highest BCUT2D eigenvalue weighted by atomic mass is 32.2. The lowest BCUT2D eigenvalue weighted by molar-refractivity contribution is 0.294. The van der Waals surface area contributed by atoms with Gasteiger partial charge in [-0.25, -0.2) is 21.9 Å². The minimum atomic E-state index is -3.70. The van der Waals surface area contributed by atoms with E-state index in [0.29, 0.717) is 6.07 Å². The van der Waals surface area contributed by atoms with Crippen LogP contribution in [0.5, 0.6) is 0 Å². The number of nitrogens with one attached hydrogen (secondary N) is 1. The van der Waals surface area contributed by atoms with E-state index in [9.17, 15) is 17.2 Å². The van der Waals surface area contributed by atoms with E-state index in [1.165, 1.54) is 6.92 Å². The van der Waals surface area contributed by atoms with Crippen LogP contribution in [0.1, 0.15) is 12.5 Å². The van der Waals surface area contributed by atoms with Crippen molar-refractivity contribution in [1.82, 2.24) is 4.72 Å². The smallest absolute Gasteiger partial charge is 0.216 e. The van der Waals surface area contributed by atoms with Gasteiger partial charge >= 0.3 is 0 Å². The molecule has 0 aromatic heterocycles. The molecular weight excluding hydrogens is 252 g/mol. The van der Waals surface area contributed by atoms with Gasteiger partial charge in [-0.2, -0.15) is 0 Å². The van der Waals surface area contributed by atoms with Gasteiger partial charge < -0.3 is 5.11 Å². The van der Waals surface area contributed by atoms with E-state index < -0.39 is 33.5 Å². The molecule has 4 nitrogen and oxygen atoms in total. The Morgan fingerprint density at radius 2 is 2.06 bits per heavy atom. The quantitative estimate of drug-likeness (QED) is 0.826. The number of aliphatic hydroxyl groups excluding tert-OH is 1. The molecule has 0 amide bonds. The molecule has 0 spiro atoms. The lowest BCUT2D eigenvalue weighted by atomic mass is 10.2. The second-order valence-corrected chi connectivity index (χ2v) is 5.78. The summed E-state index contributed by atoms with van der Waals surface area (Å²) in [6, 6.07) is 2.89. The van der Waals surface area contributed by atoms with Gasteiger partial charge in [-0.1, -0.05) is 6.07 Å². The Balaban J connectivity index is 2.74. The summed E-state index contributed by atoms with van der Waals surface area (Å²) >= 11 is 0. The topological polar surface area (TPSA) is 66.4 Å². The first-order valence-corrected chi connectivity index (χ1v) is 6.44. The van der Waals surface area contributed by atoms with Crippen LogP contribution in [0.3, 0.4) is 0 Å². The number of hydrogen-bond donors (Lipinski definition) is 2. The molecule has 1 atom stereocenters. The van der Waals surface area contributed by atoms with E-state index in [4.69, 9.17) is 5.11 Å². The molecule has 0 saturated carbocycles. The Labute approximate surface area is 98.3 Å². The fourth-order valence-corrected chi connectivity index (χ4v) is 1.92. The second kappa shape index (κ2) is 5.52. The summed E-state index contributed by atoms with van der Waals surface area (Å²) < 4.78 is 50.8. The maximum Gasteiger partial charge on any atom is 0.216 e. The van der Waals surface area contributed by atoms with Gasteiger partial charge in [-0.05, 0) is 13.0 Å². The van der Waals surface area contributed by atoms with Gasteiger partial charge in [-0.3, -0.25) is 0 Å². The van der Waals surface area contributed by atoms with Crippen molar-refractivity contribution in [3.63, 3.8) is 0 Å². The van der Waals surface area contributed by atoms with Crippen LogP contribution in [0.2, 0.25) is 0 Å². The van der Waals surface area contributed by atoms with Crippen LogP contribution in [0.15, 0.2) is 18.2 Å². The third kappa shape index (κ3) is 3.72. The molecule has 0 saturated heterocycles. The third-order valence-corrected chi connectivity index (χ3v) is 4.02. The van der Waals surface area contributed by atoms with Crippen molar-refractivity contribution in [1.29, 1.82) is 0 Å². The molecule has 1 unspecified atom stereocenters. The highest BCUT2D eigenvalue weighted by Crippen LogP contribution is 2.10. The van der Waals surface area contributed by atoms with Gasteiger partial charge in [0, 0.05) is 18.2 Å². The van der Waals surface area contributed by atoms with Crippen molar-refractivity contribution in [2.24, 2.45) is 0 Å². The maximum absolute atomic E-state index is 13.2. The zero-order valence-corrected chi connectivity index (χ0v) is 9.97. The SMILES string of the molecule is CC(CO)S(=O)(=O)NCc1ccc(F)cc1F. The Kier molecular flexibility index (Phi) is 4.55. The molecule has 0 bridgehead atoms. The van der Waals surface area contributed by atoms with Gasteiger partial charge in [0.2, 0.25) is 10.0 Å². The van der Waals surface area contributed by atoms with Gasteiger partial charge in [0.05, 0.1) is 11.9 Å². The van der Waals surface area contributed by atoms with Crippen LogP contribution < -0.4 is 4.72 Å². The van der Waals surface area contributed by atoms with Crippen molar-refractivity contribution in [3.05, 3.63) is 35.4 Å². The highest BCUT2D eigenvalue weighted by Gasteiger charge is 2.19. The molecule has 0 heterocycles. The monoisotopic (exact) mass is 265 g/mol. The third-order valence-electron chi connectivity index (χ3n) is 2.27. The zero-order valence-electron chi connectivity index (χ0n) is 9.15. The second-order valence-electron chi connectivity index (χ2n) is 3.60. The van der Waals surface area contributed by atoms with Gasteiger partial charge in [0.25, 0.3) is 0 Å². The van der Waals surface area contributed by atoms with Crippen LogP contribution in [0, 0.1) is 11.6 Å². The fourth-order valence-electron chi connectivity index (χ4n) is 1.08. The van der Waals surface area contributed by atoms with Crippen LogP contribution in [0.4, 0.5) is 8.78 Å². The van der Waals surface area contributed by atoms with Crippen molar-refractivity contribution in [2.45, 2.75) is 18.7 Å². The lowest BCUT2D eigenvalue weighted by Crippen LogP contribution is -2.34. The number of benzene rings is 1. The maximum atomic E-state index is 13.2. The molecule has 2 N–H and O–H groups in total. The van der Waals surface area contributed by atoms with E-state index in [1.54, 1.807) is 0 Å². The van der Waals surface area contributed by atoms with E-state index >= 15 is 0 Å². The largest absolute Gasteiger partial charge is 0.395 e. The fraction of sp³-hybridized carbons (Fsp3) is 0.400. The first-order valence-electron chi connectivity index (χ1n) is 4.90. The molecule has 0 fully saturated rings. The van der Waals surface area contributed by atoms with Gasteiger partial charge in [0.15, 0.2) is 0 Å². The first-order chi connectivity index (χ1) is 7.86. The van der Waals surface area contributed by atoms with Crippen LogP contribution >= 0.6 is 0 Å². The van der Waals surface area contributed by atoms with E-state index in [1.807, 2.05) is 0 Å². The normalized spacial score (nSPS) is 13.6. The Bertz CT molecular complexity index is 490. The predicted octanol–water partition coefficient (Wildman–Crippen LogP) is 0.765. The number of sulfonamides is 1. The van der Waals surface area contributed by atoms with Crippen molar-refractivity contribution >= 4 is 10.0 Å². The minimum absolute atomic E-state index is 0.0418. The molecular formula is C10H13F2NO3S. The number of aliphatic hydroxyl groups is 1. The van der Waals surface area contributed by atoms with Crippen molar-refractivity contribution in [2.75, 3.05) is 6.61 Å². The summed E-state index contributed by atoms with van der Waals surface area (Å²) in [7, 11) is -3.70. The standard InChI is InChI=1S/C10H13F2NO3S/c1-7(6-14)17(15,16)13-5-8-2-3-9(11)4-10(8)12/h2-4,7,13-14H,5-6H2,1H3. The summed E-state index contributed by atoms with van der Waals surface area (Å²) in [6.07, 6.45) is 0. The van der Waals surface area contributed by atoms with Crippen LogP contribution in [0.25, 0.3) is 0 Å². The molecule has 0 aliphatic carbocycles. The summed E-state index contributed by atoms with van der Waals surface area (Å²) in [5, 5.41) is 7.74. The van der Waals surface area contributed by atoms with Crippen LogP contribution in [-0.2, 0) is 16.6 Å². The summed E-state index contributed by atoms with van der Waals surface area (Å²) in [5.41, 5.74) is 0.0418. The molecule has 0 radical (unpaired) electrons. The molecule has 1 aromatic carbocycles. The molecule has 96 valence electrons. The number of hydrogen-bond acceptors (Lipinski definition) is 3. The molecule has 1 rings (SSSR count). The van der Waals surface area contributed by atoms with Gasteiger partial charge in [-0.15, -0.1) is 0 Å². The summed E-state index contributed by atoms with van der Waals surface area (Å²) in [6.45, 7) is 0.517. The average molecular weight is 265 g/mol. The Morgan fingerprint density at radius 1 is 1.41 bits per heavy atom. The average Bonchev–Trinajstić information content (AvgIpc) is 2.26. The number of rotatable bonds is 5. The van der Waals surface area contributed by atoms with Crippen molar-refractivity contribution in [3.8, 4) is 0 Å². The lowest BCUT2D eigenvalue weighted by Gasteiger charge is -2.11. The molecule has 0 aliphatic rings.